The number of pyridine rings is 2. The van der Waals surface area contributed by atoms with E-state index in [-0.39, 0.29) is 0 Å². The molecule has 0 atom stereocenters. The number of nitrogens with one attached hydrogen (secondary N) is 1. The molecule has 3 aromatic heterocycles. The van der Waals surface area contributed by atoms with E-state index in [1.54, 1.807) is 25.7 Å². The van der Waals surface area contributed by atoms with Gasteiger partial charge in [-0.15, -0.1) is 0 Å². The van der Waals surface area contributed by atoms with Crippen LogP contribution in [0.4, 0.5) is 5.82 Å². The lowest BCUT2D eigenvalue weighted by atomic mass is 10.2. The number of hydrogen-bond donors (Lipinski definition) is 1. The maximum Gasteiger partial charge on any atom is 0.180 e. The topological polar surface area (TPSA) is 72.8 Å². The minimum absolute atomic E-state index is 0.569. The van der Waals surface area contributed by atoms with Crippen LogP contribution in [0.1, 0.15) is 5.56 Å². The lowest BCUT2D eigenvalue weighted by Gasteiger charge is -2.10. The summed E-state index contributed by atoms with van der Waals surface area (Å²) in [4.78, 5) is 17.9. The third kappa shape index (κ3) is 4.12. The van der Waals surface area contributed by atoms with Gasteiger partial charge in [0.25, 0.3) is 0 Å². The SMILES string of the molecule is COc1ccc(CNc2cc(-c3cccnc3)nc(-c3ccccn3)n2)cc1. The van der Waals surface area contributed by atoms with E-state index in [4.69, 9.17) is 4.74 Å². The Bertz CT molecular complexity index is 980. The van der Waals surface area contributed by atoms with Gasteiger partial charge >= 0.3 is 0 Å². The molecule has 0 aliphatic heterocycles. The van der Waals surface area contributed by atoms with Crippen molar-refractivity contribution in [2.75, 3.05) is 12.4 Å². The average molecular weight is 369 g/mol. The van der Waals surface area contributed by atoms with Crippen molar-refractivity contribution in [2.45, 2.75) is 6.54 Å². The predicted molar refractivity (Wildman–Crippen MR) is 109 cm³/mol. The van der Waals surface area contributed by atoms with Crippen LogP contribution in [0.3, 0.4) is 0 Å². The van der Waals surface area contributed by atoms with E-state index in [1.807, 2.05) is 60.7 Å². The standard InChI is InChI=1S/C22H19N5O/c1-28-18-9-7-16(8-10-18)14-25-21-13-20(17-5-4-11-23-15-17)26-22(27-21)19-6-2-3-12-24-19/h2-13,15H,14H2,1H3,(H,25,26,27). The molecule has 4 rings (SSSR count). The van der Waals surface area contributed by atoms with Gasteiger partial charge in [-0.2, -0.15) is 0 Å². The average Bonchev–Trinajstić information content (AvgIpc) is 2.79. The molecule has 6 nitrogen and oxygen atoms in total. The highest BCUT2D eigenvalue weighted by Crippen LogP contribution is 2.23. The van der Waals surface area contributed by atoms with Crippen LogP contribution in [0.15, 0.2) is 79.3 Å². The molecule has 28 heavy (non-hydrogen) atoms. The van der Waals surface area contributed by atoms with Crippen molar-refractivity contribution in [3.8, 4) is 28.5 Å². The first kappa shape index (κ1) is 17.6. The van der Waals surface area contributed by atoms with Crippen LogP contribution >= 0.6 is 0 Å². The third-order valence-corrected chi connectivity index (χ3v) is 4.21. The molecule has 0 aliphatic carbocycles. The number of ether oxygens (including phenoxy) is 1. The molecule has 0 amide bonds. The van der Waals surface area contributed by atoms with Crippen molar-refractivity contribution >= 4 is 5.82 Å². The molecule has 1 N–H and O–H groups in total. The second-order valence-corrected chi connectivity index (χ2v) is 6.12. The van der Waals surface area contributed by atoms with Gasteiger partial charge in [-0.25, -0.2) is 9.97 Å². The Hall–Kier alpha value is -3.80. The fraction of sp³-hybridized carbons (Fsp3) is 0.0909. The van der Waals surface area contributed by atoms with Gasteiger partial charge in [-0.3, -0.25) is 9.97 Å². The van der Waals surface area contributed by atoms with E-state index in [1.165, 1.54) is 0 Å². The molecule has 3 heterocycles. The lowest BCUT2D eigenvalue weighted by molar-refractivity contribution is 0.414. The van der Waals surface area contributed by atoms with Crippen LogP contribution in [0.25, 0.3) is 22.8 Å². The minimum Gasteiger partial charge on any atom is -0.497 e. The normalized spacial score (nSPS) is 10.5. The number of aromatic nitrogens is 4. The van der Waals surface area contributed by atoms with Gasteiger partial charge in [0.2, 0.25) is 0 Å². The Morgan fingerprint density at radius 1 is 0.893 bits per heavy atom. The Morgan fingerprint density at radius 3 is 2.50 bits per heavy atom. The summed E-state index contributed by atoms with van der Waals surface area (Å²) in [5.74, 6) is 2.13. The van der Waals surface area contributed by atoms with Crippen molar-refractivity contribution < 1.29 is 4.74 Å². The molecule has 0 bridgehead atoms. The zero-order chi connectivity index (χ0) is 19.2. The van der Waals surface area contributed by atoms with Crippen molar-refractivity contribution in [3.63, 3.8) is 0 Å². The number of rotatable bonds is 6. The summed E-state index contributed by atoms with van der Waals surface area (Å²) in [6.45, 7) is 0.634. The Kier molecular flexibility index (Phi) is 5.20. The van der Waals surface area contributed by atoms with E-state index < -0.39 is 0 Å². The van der Waals surface area contributed by atoms with Gasteiger partial charge in [0, 0.05) is 36.8 Å². The van der Waals surface area contributed by atoms with Crippen LogP contribution in [-0.2, 0) is 6.54 Å². The van der Waals surface area contributed by atoms with Crippen LogP contribution in [0, 0.1) is 0 Å². The zero-order valence-corrected chi connectivity index (χ0v) is 15.4. The summed E-state index contributed by atoms with van der Waals surface area (Å²) in [6.07, 6.45) is 5.27. The van der Waals surface area contributed by atoms with Crippen molar-refractivity contribution in [3.05, 3.63) is 84.8 Å². The summed E-state index contributed by atoms with van der Waals surface area (Å²) < 4.78 is 5.21. The molecule has 0 saturated carbocycles. The monoisotopic (exact) mass is 369 g/mol. The largest absolute Gasteiger partial charge is 0.497 e. The fourth-order valence-electron chi connectivity index (χ4n) is 2.75. The fourth-order valence-corrected chi connectivity index (χ4v) is 2.75. The van der Waals surface area contributed by atoms with Crippen molar-refractivity contribution in [2.24, 2.45) is 0 Å². The third-order valence-electron chi connectivity index (χ3n) is 4.21. The van der Waals surface area contributed by atoms with Crippen molar-refractivity contribution in [1.29, 1.82) is 0 Å². The number of anilines is 1. The Morgan fingerprint density at radius 2 is 1.79 bits per heavy atom. The first-order chi connectivity index (χ1) is 13.8. The highest BCUT2D eigenvalue weighted by molar-refractivity contribution is 5.65. The second kappa shape index (κ2) is 8.26. The Labute approximate surface area is 163 Å². The van der Waals surface area contributed by atoms with E-state index in [0.717, 1.165) is 34.1 Å². The molecule has 0 aliphatic rings. The van der Waals surface area contributed by atoms with E-state index in [2.05, 4.69) is 25.3 Å². The number of nitrogens with zero attached hydrogens (tertiary/aromatic N) is 4. The van der Waals surface area contributed by atoms with Crippen LogP contribution in [0.2, 0.25) is 0 Å². The summed E-state index contributed by atoms with van der Waals surface area (Å²) in [5, 5.41) is 3.38. The van der Waals surface area contributed by atoms with E-state index in [0.29, 0.717) is 12.4 Å². The predicted octanol–water partition coefficient (Wildman–Crippen LogP) is 4.22. The van der Waals surface area contributed by atoms with E-state index in [9.17, 15) is 0 Å². The van der Waals surface area contributed by atoms with Gasteiger partial charge in [-0.1, -0.05) is 18.2 Å². The summed E-state index contributed by atoms with van der Waals surface area (Å²) in [5.41, 5.74) is 3.57. The molecule has 0 fully saturated rings. The van der Waals surface area contributed by atoms with Crippen molar-refractivity contribution in [1.82, 2.24) is 19.9 Å². The highest BCUT2D eigenvalue weighted by atomic mass is 16.5. The summed E-state index contributed by atoms with van der Waals surface area (Å²) in [7, 11) is 1.66. The first-order valence-electron chi connectivity index (χ1n) is 8.89. The molecule has 0 unspecified atom stereocenters. The number of methoxy groups -OCH3 is 1. The molecule has 1 aromatic carbocycles. The quantitative estimate of drug-likeness (QED) is 0.549. The van der Waals surface area contributed by atoms with Gasteiger partial charge in [0.05, 0.1) is 12.8 Å². The molecular formula is C22H19N5O. The minimum atomic E-state index is 0.569. The number of hydrogen-bond acceptors (Lipinski definition) is 6. The highest BCUT2D eigenvalue weighted by Gasteiger charge is 2.10. The molecule has 138 valence electrons. The van der Waals surface area contributed by atoms with Gasteiger partial charge in [0.15, 0.2) is 5.82 Å². The molecule has 0 spiro atoms. The Balaban J connectivity index is 1.65. The smallest absolute Gasteiger partial charge is 0.180 e. The molecule has 0 saturated heterocycles. The van der Waals surface area contributed by atoms with E-state index >= 15 is 0 Å². The van der Waals surface area contributed by atoms with Gasteiger partial charge in [-0.05, 0) is 42.0 Å². The lowest BCUT2D eigenvalue weighted by Crippen LogP contribution is -2.04. The van der Waals surface area contributed by atoms with Crippen LogP contribution in [-0.4, -0.2) is 27.0 Å². The molecular weight excluding hydrogens is 350 g/mol. The molecule has 4 aromatic rings. The second-order valence-electron chi connectivity index (χ2n) is 6.12. The zero-order valence-electron chi connectivity index (χ0n) is 15.4. The molecule has 0 radical (unpaired) electrons. The number of benzene rings is 1. The van der Waals surface area contributed by atoms with Gasteiger partial charge in [0.1, 0.15) is 17.3 Å². The summed E-state index contributed by atoms with van der Waals surface area (Å²) >= 11 is 0. The maximum absolute atomic E-state index is 5.21. The molecule has 6 heteroatoms. The maximum atomic E-state index is 5.21. The summed E-state index contributed by atoms with van der Waals surface area (Å²) in [6, 6.07) is 19.4. The van der Waals surface area contributed by atoms with Crippen LogP contribution in [0.5, 0.6) is 5.75 Å². The van der Waals surface area contributed by atoms with Crippen LogP contribution < -0.4 is 10.1 Å². The van der Waals surface area contributed by atoms with Gasteiger partial charge < -0.3 is 10.1 Å². The first-order valence-corrected chi connectivity index (χ1v) is 8.89.